The van der Waals surface area contributed by atoms with Gasteiger partial charge in [0.05, 0.1) is 17.7 Å². The molecule has 0 spiro atoms. The van der Waals surface area contributed by atoms with Gasteiger partial charge in [-0.05, 0) is 50.1 Å². The van der Waals surface area contributed by atoms with Gasteiger partial charge in [-0.3, -0.25) is 19.1 Å². The first-order valence-electron chi connectivity index (χ1n) is 13.3. The molecule has 0 atom stereocenters. The number of carbonyl (C=O) groups is 3. The lowest BCUT2D eigenvalue weighted by molar-refractivity contribution is -0.117. The number of fused-ring (bicyclic) bond motifs is 1. The van der Waals surface area contributed by atoms with Gasteiger partial charge in [-0.15, -0.1) is 11.3 Å². The molecule has 3 aromatic carbocycles. The number of hydrogen-bond donors (Lipinski definition) is 4. The maximum absolute atomic E-state index is 13.4. The number of nitrogens with one attached hydrogen (secondary N) is 2. The number of carbonyl (C=O) groups excluding carboxylic acids is 3. The lowest BCUT2D eigenvalue weighted by atomic mass is 10.00. The summed E-state index contributed by atoms with van der Waals surface area (Å²) >= 11 is 1.39. The maximum Gasteiger partial charge on any atom is 0.275 e. The Kier molecular flexibility index (Phi) is 8.14. The number of thiazole rings is 1. The summed E-state index contributed by atoms with van der Waals surface area (Å²) in [6, 6.07) is 20.2. The number of nitrogens with two attached hydrogens (primary N) is 1. The highest BCUT2D eigenvalue weighted by Gasteiger charge is 2.18. The van der Waals surface area contributed by atoms with Crippen LogP contribution in [0.4, 0.5) is 5.69 Å². The van der Waals surface area contributed by atoms with Crippen LogP contribution in [0.1, 0.15) is 41.1 Å². The number of hydrogen-bond acceptors (Lipinski definition) is 7. The summed E-state index contributed by atoms with van der Waals surface area (Å²) in [4.78, 5) is 41.3. The van der Waals surface area contributed by atoms with Crippen molar-refractivity contribution < 1.29 is 19.5 Å². The molecule has 5 N–H and O–H groups in total. The molecule has 2 heterocycles. The zero-order chi connectivity index (χ0) is 29.9. The lowest BCUT2D eigenvalue weighted by Gasteiger charge is -2.16. The van der Waals surface area contributed by atoms with Crippen molar-refractivity contribution in [2.45, 2.75) is 32.4 Å². The van der Waals surface area contributed by atoms with E-state index in [1.165, 1.54) is 11.3 Å². The van der Waals surface area contributed by atoms with E-state index in [0.717, 1.165) is 21.5 Å². The van der Waals surface area contributed by atoms with E-state index in [2.05, 4.69) is 20.7 Å². The number of nitrogens with zero attached hydrogens (tertiary/aromatic N) is 3. The fraction of sp³-hybridized carbons (Fsp3) is 0.194. The minimum atomic E-state index is -0.833. The second-order valence-electron chi connectivity index (χ2n) is 10.5. The molecule has 214 valence electrons. The summed E-state index contributed by atoms with van der Waals surface area (Å²) in [5, 5.41) is 23.6. The van der Waals surface area contributed by atoms with Crippen molar-refractivity contribution in [2.24, 2.45) is 5.73 Å². The van der Waals surface area contributed by atoms with E-state index in [9.17, 15) is 19.5 Å². The van der Waals surface area contributed by atoms with Gasteiger partial charge in [-0.1, -0.05) is 42.5 Å². The smallest absolute Gasteiger partial charge is 0.275 e. The van der Waals surface area contributed by atoms with Crippen LogP contribution in [0, 0.1) is 0 Å². The van der Waals surface area contributed by atoms with Gasteiger partial charge < -0.3 is 21.5 Å². The van der Waals surface area contributed by atoms with E-state index in [0.29, 0.717) is 41.0 Å². The van der Waals surface area contributed by atoms with Crippen molar-refractivity contribution in [3.8, 4) is 21.7 Å². The predicted octanol–water partition coefficient (Wildman–Crippen LogP) is 4.46. The van der Waals surface area contributed by atoms with Crippen molar-refractivity contribution >= 4 is 45.6 Å². The molecule has 0 saturated heterocycles. The number of anilines is 1. The van der Waals surface area contributed by atoms with Crippen molar-refractivity contribution in [2.75, 3.05) is 11.9 Å². The number of amides is 3. The number of aliphatic hydroxyl groups is 1. The molecule has 0 fully saturated rings. The minimum Gasteiger partial charge on any atom is -0.390 e. The standard InChI is InChI=1S/C31H30N6O4S/c1-31(2,41)12-13-37-17-22-14-25(34-29(40)26-18-42-30(35-26)21-6-4-3-5-7-21)23(15-24(22)36-37)19-8-10-20(11-9-19)28(39)33-16-27(32)38/h3-11,14-15,17-18,41H,12-13,16H2,1-2H3,(H2,32,38)(H,33,39)(H,34,40). The summed E-state index contributed by atoms with van der Waals surface area (Å²) in [5.41, 5.74) is 8.59. The Hall–Kier alpha value is -4.87. The Morgan fingerprint density at radius 1 is 1.00 bits per heavy atom. The Labute approximate surface area is 246 Å². The van der Waals surface area contributed by atoms with Crippen LogP contribution < -0.4 is 16.4 Å². The number of benzene rings is 3. The molecule has 11 heteroatoms. The summed E-state index contributed by atoms with van der Waals surface area (Å²) in [5.74, 6) is -1.41. The molecule has 0 aliphatic rings. The highest BCUT2D eigenvalue weighted by molar-refractivity contribution is 7.13. The van der Waals surface area contributed by atoms with Crippen LogP contribution in [0.25, 0.3) is 32.6 Å². The molecule has 5 rings (SSSR count). The topological polar surface area (TPSA) is 152 Å². The van der Waals surface area contributed by atoms with Gasteiger partial charge in [0.25, 0.3) is 11.8 Å². The van der Waals surface area contributed by atoms with Gasteiger partial charge in [0.2, 0.25) is 5.91 Å². The molecule has 0 unspecified atom stereocenters. The first kappa shape index (κ1) is 28.7. The summed E-state index contributed by atoms with van der Waals surface area (Å²) in [6.07, 6.45) is 2.40. The van der Waals surface area contributed by atoms with Gasteiger partial charge >= 0.3 is 0 Å². The molecule has 42 heavy (non-hydrogen) atoms. The Bertz CT molecular complexity index is 1750. The quantitative estimate of drug-likeness (QED) is 0.191. The van der Waals surface area contributed by atoms with Crippen LogP contribution >= 0.6 is 11.3 Å². The summed E-state index contributed by atoms with van der Waals surface area (Å²) in [7, 11) is 0. The summed E-state index contributed by atoms with van der Waals surface area (Å²) in [6.45, 7) is 3.76. The third-order valence-electron chi connectivity index (χ3n) is 6.53. The van der Waals surface area contributed by atoms with Crippen molar-refractivity contribution in [3.05, 3.63) is 89.6 Å². The highest BCUT2D eigenvalue weighted by Crippen LogP contribution is 2.33. The molecular weight excluding hydrogens is 552 g/mol. The zero-order valence-electron chi connectivity index (χ0n) is 23.1. The van der Waals surface area contributed by atoms with E-state index in [4.69, 9.17) is 5.73 Å². The number of aromatic nitrogens is 3. The Morgan fingerprint density at radius 2 is 1.74 bits per heavy atom. The minimum absolute atomic E-state index is 0.258. The van der Waals surface area contributed by atoms with Gasteiger partial charge in [0, 0.05) is 45.9 Å². The third kappa shape index (κ3) is 6.88. The second kappa shape index (κ2) is 11.9. The summed E-state index contributed by atoms with van der Waals surface area (Å²) < 4.78 is 1.77. The van der Waals surface area contributed by atoms with Crippen LogP contribution in [0.15, 0.2) is 78.3 Å². The molecule has 3 amide bonds. The third-order valence-corrected chi connectivity index (χ3v) is 7.42. The van der Waals surface area contributed by atoms with Crippen LogP contribution in [0.3, 0.4) is 0 Å². The fourth-order valence-corrected chi connectivity index (χ4v) is 5.12. The molecule has 10 nitrogen and oxygen atoms in total. The average Bonchev–Trinajstić information content (AvgIpc) is 3.62. The van der Waals surface area contributed by atoms with E-state index in [1.54, 1.807) is 48.2 Å². The SMILES string of the molecule is CC(C)(O)CCn1cc2cc(NC(=O)c3csc(-c4ccccc4)n3)c(-c3ccc(C(=O)NCC(N)=O)cc3)cc2n1. The number of primary amides is 1. The average molecular weight is 583 g/mol. The van der Waals surface area contributed by atoms with Gasteiger partial charge in [-0.25, -0.2) is 4.98 Å². The van der Waals surface area contributed by atoms with Crippen LogP contribution in [-0.4, -0.2) is 49.7 Å². The molecule has 2 aromatic heterocycles. The monoisotopic (exact) mass is 582 g/mol. The van der Waals surface area contributed by atoms with Crippen LogP contribution in [0.2, 0.25) is 0 Å². The van der Waals surface area contributed by atoms with Crippen LogP contribution in [-0.2, 0) is 11.3 Å². The Balaban J connectivity index is 1.47. The van der Waals surface area contributed by atoms with E-state index in [1.807, 2.05) is 48.7 Å². The molecule has 0 aliphatic heterocycles. The fourth-order valence-electron chi connectivity index (χ4n) is 4.32. The van der Waals surface area contributed by atoms with Gasteiger partial charge in [-0.2, -0.15) is 5.10 Å². The highest BCUT2D eigenvalue weighted by atomic mass is 32.1. The lowest BCUT2D eigenvalue weighted by Crippen LogP contribution is -2.33. The Morgan fingerprint density at radius 3 is 2.43 bits per heavy atom. The second-order valence-corrected chi connectivity index (χ2v) is 11.4. The molecule has 0 bridgehead atoms. The van der Waals surface area contributed by atoms with Crippen LogP contribution in [0.5, 0.6) is 0 Å². The van der Waals surface area contributed by atoms with Crippen molar-refractivity contribution in [1.82, 2.24) is 20.1 Å². The first-order valence-corrected chi connectivity index (χ1v) is 14.2. The van der Waals surface area contributed by atoms with Gasteiger partial charge in [0.1, 0.15) is 10.7 Å². The van der Waals surface area contributed by atoms with E-state index < -0.39 is 17.4 Å². The normalized spacial score (nSPS) is 11.4. The zero-order valence-corrected chi connectivity index (χ0v) is 23.9. The molecular formula is C31H30N6O4S. The molecule has 0 radical (unpaired) electrons. The first-order chi connectivity index (χ1) is 20.1. The maximum atomic E-state index is 13.4. The number of rotatable bonds is 10. The molecule has 0 aliphatic carbocycles. The predicted molar refractivity (Wildman–Crippen MR) is 163 cm³/mol. The number of aryl methyl sites for hydroxylation is 1. The van der Waals surface area contributed by atoms with E-state index in [-0.39, 0.29) is 12.5 Å². The largest absolute Gasteiger partial charge is 0.390 e. The van der Waals surface area contributed by atoms with E-state index >= 15 is 0 Å². The van der Waals surface area contributed by atoms with Crippen molar-refractivity contribution in [1.29, 1.82) is 0 Å². The molecule has 0 saturated carbocycles. The van der Waals surface area contributed by atoms with Gasteiger partial charge in [0.15, 0.2) is 0 Å². The van der Waals surface area contributed by atoms with Crippen molar-refractivity contribution in [3.63, 3.8) is 0 Å². The molecule has 5 aromatic rings.